The van der Waals surface area contributed by atoms with Crippen LogP contribution in [-0.4, -0.2) is 30.6 Å². The molecule has 0 saturated heterocycles. The molecule has 0 spiro atoms. The van der Waals surface area contributed by atoms with Crippen molar-refractivity contribution in [3.63, 3.8) is 0 Å². The maximum atomic E-state index is 11.4. The lowest BCUT2D eigenvalue weighted by atomic mass is 10.2. The predicted octanol–water partition coefficient (Wildman–Crippen LogP) is 1.30. The molecule has 0 aliphatic rings. The third-order valence-corrected chi connectivity index (χ3v) is 1.13. The van der Waals surface area contributed by atoms with Gasteiger partial charge >= 0.3 is 5.97 Å². The maximum absolute atomic E-state index is 11.4. The number of esters is 1. The van der Waals surface area contributed by atoms with Gasteiger partial charge in [0.05, 0.1) is 0 Å². The van der Waals surface area contributed by atoms with Crippen LogP contribution in [0.1, 0.15) is 20.8 Å². The van der Waals surface area contributed by atoms with Crippen molar-refractivity contribution in [2.75, 3.05) is 14.1 Å². The lowest BCUT2D eigenvalue weighted by Gasteiger charge is -2.19. The molecule has 0 rings (SSSR count). The van der Waals surface area contributed by atoms with Crippen LogP contribution in [0.25, 0.3) is 0 Å². The molecule has 4 nitrogen and oxygen atoms in total. The Morgan fingerprint density at radius 1 is 1.43 bits per heavy atom. The minimum atomic E-state index is -0.589. The molecular weight excluding hydrogens is 180 g/mol. The quantitative estimate of drug-likeness (QED) is 0.379. The van der Waals surface area contributed by atoms with Gasteiger partial charge in [0.2, 0.25) is 0 Å². The third kappa shape index (κ3) is 5.20. The van der Waals surface area contributed by atoms with Gasteiger partial charge in [-0.1, -0.05) is 0 Å². The number of hydrogen-bond donors (Lipinski definition) is 0. The highest BCUT2D eigenvalue weighted by Crippen LogP contribution is 2.10. The van der Waals surface area contributed by atoms with E-state index in [1.165, 1.54) is 6.20 Å². The van der Waals surface area contributed by atoms with Crippen molar-refractivity contribution < 1.29 is 9.53 Å². The first-order valence-electron chi connectivity index (χ1n) is 4.28. The summed E-state index contributed by atoms with van der Waals surface area (Å²) in [5, 5.41) is 8.70. The Morgan fingerprint density at radius 2 is 1.93 bits per heavy atom. The highest BCUT2D eigenvalue weighted by Gasteiger charge is 2.19. The molecule has 0 N–H and O–H groups in total. The van der Waals surface area contributed by atoms with Crippen molar-refractivity contribution in [1.29, 1.82) is 5.26 Å². The zero-order valence-electron chi connectivity index (χ0n) is 9.29. The van der Waals surface area contributed by atoms with Crippen molar-refractivity contribution in [2.24, 2.45) is 0 Å². The Hall–Kier alpha value is -1.50. The van der Waals surface area contributed by atoms with Crippen LogP contribution in [0.4, 0.5) is 0 Å². The molecule has 0 heterocycles. The standard InChI is InChI=1S/C10H16N2O2/c1-10(2,3)14-9(13)8(6-11)7-12(4)5/h7H,1-5H3/b8-7-. The summed E-state index contributed by atoms with van der Waals surface area (Å²) in [6.45, 7) is 5.28. The Balaban J connectivity index is 4.60. The van der Waals surface area contributed by atoms with E-state index in [4.69, 9.17) is 10.00 Å². The van der Waals surface area contributed by atoms with Gasteiger partial charge in [-0.25, -0.2) is 4.79 Å². The summed E-state index contributed by atoms with van der Waals surface area (Å²) in [6.07, 6.45) is 1.44. The fraction of sp³-hybridized carbons (Fsp3) is 0.600. The van der Waals surface area contributed by atoms with E-state index in [9.17, 15) is 4.79 Å². The van der Waals surface area contributed by atoms with Crippen molar-refractivity contribution in [2.45, 2.75) is 26.4 Å². The second-order valence-electron chi connectivity index (χ2n) is 4.12. The van der Waals surface area contributed by atoms with E-state index in [0.717, 1.165) is 0 Å². The number of carbonyl (C=O) groups is 1. The lowest BCUT2D eigenvalue weighted by Crippen LogP contribution is -2.25. The molecule has 0 atom stereocenters. The van der Waals surface area contributed by atoms with Gasteiger partial charge in [-0.3, -0.25) is 0 Å². The number of nitriles is 1. The highest BCUT2D eigenvalue weighted by atomic mass is 16.6. The molecule has 0 aliphatic carbocycles. The highest BCUT2D eigenvalue weighted by molar-refractivity contribution is 5.92. The predicted molar refractivity (Wildman–Crippen MR) is 53.2 cm³/mol. The second kappa shape index (κ2) is 4.66. The molecule has 0 radical (unpaired) electrons. The van der Waals surface area contributed by atoms with Crippen molar-refractivity contribution in [1.82, 2.24) is 4.90 Å². The Bertz CT molecular complexity index is 279. The minimum absolute atomic E-state index is 0.00456. The van der Waals surface area contributed by atoms with Crippen molar-refractivity contribution >= 4 is 5.97 Å². The zero-order chi connectivity index (χ0) is 11.4. The van der Waals surface area contributed by atoms with E-state index in [1.807, 2.05) is 0 Å². The van der Waals surface area contributed by atoms with E-state index in [2.05, 4.69) is 0 Å². The topological polar surface area (TPSA) is 53.3 Å². The normalized spacial score (nSPS) is 11.9. The molecule has 0 aromatic carbocycles. The molecule has 78 valence electrons. The van der Waals surface area contributed by atoms with Gasteiger partial charge < -0.3 is 9.64 Å². The first-order valence-corrected chi connectivity index (χ1v) is 4.28. The average Bonchev–Trinajstić information content (AvgIpc) is 1.96. The van der Waals surface area contributed by atoms with Crippen LogP contribution in [0, 0.1) is 11.3 Å². The molecule has 14 heavy (non-hydrogen) atoms. The van der Waals surface area contributed by atoms with Crippen LogP contribution in [0.3, 0.4) is 0 Å². The molecule has 0 aliphatic heterocycles. The van der Waals surface area contributed by atoms with Crippen molar-refractivity contribution in [3.8, 4) is 6.07 Å². The van der Waals surface area contributed by atoms with E-state index in [-0.39, 0.29) is 5.57 Å². The summed E-state index contributed by atoms with van der Waals surface area (Å²) in [4.78, 5) is 13.0. The van der Waals surface area contributed by atoms with Crippen LogP contribution in [0.2, 0.25) is 0 Å². The Kier molecular flexibility index (Phi) is 4.16. The lowest BCUT2D eigenvalue weighted by molar-refractivity contribution is -0.149. The summed E-state index contributed by atoms with van der Waals surface area (Å²) >= 11 is 0. The molecule has 0 unspecified atom stereocenters. The monoisotopic (exact) mass is 196 g/mol. The Labute approximate surface area is 84.8 Å². The number of rotatable bonds is 2. The molecule has 0 amide bonds. The van der Waals surface area contributed by atoms with Gasteiger partial charge in [0.15, 0.2) is 5.57 Å². The van der Waals surface area contributed by atoms with Crippen LogP contribution in [-0.2, 0) is 9.53 Å². The van der Waals surface area contributed by atoms with Crippen LogP contribution in [0.15, 0.2) is 11.8 Å². The number of carbonyl (C=O) groups excluding carboxylic acids is 1. The summed E-state index contributed by atoms with van der Waals surface area (Å²) in [5.41, 5.74) is -0.566. The number of ether oxygens (including phenoxy) is 1. The van der Waals surface area contributed by atoms with E-state index < -0.39 is 11.6 Å². The summed E-state index contributed by atoms with van der Waals surface area (Å²) in [7, 11) is 3.48. The van der Waals surface area contributed by atoms with Gasteiger partial charge in [0.25, 0.3) is 0 Å². The molecule has 0 aromatic rings. The first kappa shape index (κ1) is 12.5. The zero-order valence-corrected chi connectivity index (χ0v) is 9.29. The SMILES string of the molecule is CN(C)/C=C(/C#N)C(=O)OC(C)(C)C. The molecule has 0 saturated carbocycles. The fourth-order valence-electron chi connectivity index (χ4n) is 0.718. The summed E-state index contributed by atoms with van der Waals surface area (Å²) in [6, 6.07) is 1.80. The molecule has 0 fully saturated rings. The van der Waals surface area contributed by atoms with Gasteiger partial charge in [0, 0.05) is 20.3 Å². The minimum Gasteiger partial charge on any atom is -0.456 e. The maximum Gasteiger partial charge on any atom is 0.350 e. The largest absolute Gasteiger partial charge is 0.456 e. The van der Waals surface area contributed by atoms with Gasteiger partial charge in [-0.15, -0.1) is 0 Å². The van der Waals surface area contributed by atoms with Gasteiger partial charge in [-0.2, -0.15) is 5.26 Å². The summed E-state index contributed by atoms with van der Waals surface area (Å²) < 4.78 is 5.04. The van der Waals surface area contributed by atoms with Crippen LogP contribution in [0.5, 0.6) is 0 Å². The van der Waals surface area contributed by atoms with Crippen LogP contribution >= 0.6 is 0 Å². The van der Waals surface area contributed by atoms with Gasteiger partial charge in [0.1, 0.15) is 11.7 Å². The van der Waals surface area contributed by atoms with E-state index in [1.54, 1.807) is 45.8 Å². The first-order chi connectivity index (χ1) is 6.26. The van der Waals surface area contributed by atoms with Crippen LogP contribution < -0.4 is 0 Å². The molecule has 0 bridgehead atoms. The van der Waals surface area contributed by atoms with E-state index >= 15 is 0 Å². The number of nitrogens with zero attached hydrogens (tertiary/aromatic N) is 2. The Morgan fingerprint density at radius 3 is 2.21 bits per heavy atom. The molecule has 4 heteroatoms. The van der Waals surface area contributed by atoms with Gasteiger partial charge in [-0.05, 0) is 20.8 Å². The third-order valence-electron chi connectivity index (χ3n) is 1.13. The fourth-order valence-corrected chi connectivity index (χ4v) is 0.718. The second-order valence-corrected chi connectivity index (χ2v) is 4.12. The number of hydrogen-bond acceptors (Lipinski definition) is 4. The van der Waals surface area contributed by atoms with E-state index in [0.29, 0.717) is 0 Å². The van der Waals surface area contributed by atoms with Crippen molar-refractivity contribution in [3.05, 3.63) is 11.8 Å². The summed E-state index contributed by atoms with van der Waals surface area (Å²) in [5.74, 6) is -0.589. The smallest absolute Gasteiger partial charge is 0.350 e. The molecular formula is C10H16N2O2. The molecule has 0 aromatic heterocycles. The average molecular weight is 196 g/mol.